The lowest BCUT2D eigenvalue weighted by Gasteiger charge is -2.12. The van der Waals surface area contributed by atoms with Crippen LogP contribution in [0.4, 0.5) is 0 Å². The first-order chi connectivity index (χ1) is 12.0. The van der Waals surface area contributed by atoms with Gasteiger partial charge >= 0.3 is 0 Å². The average molecular weight is 339 g/mol. The van der Waals surface area contributed by atoms with E-state index in [0.29, 0.717) is 18.0 Å². The second-order valence-electron chi connectivity index (χ2n) is 6.43. The van der Waals surface area contributed by atoms with E-state index in [-0.39, 0.29) is 17.5 Å². The van der Waals surface area contributed by atoms with Gasteiger partial charge in [0.05, 0.1) is 12.1 Å². The van der Waals surface area contributed by atoms with Crippen molar-refractivity contribution in [3.63, 3.8) is 0 Å². The Kier molecular flexibility index (Phi) is 4.70. The van der Waals surface area contributed by atoms with E-state index in [1.807, 2.05) is 30.3 Å². The van der Waals surface area contributed by atoms with Crippen LogP contribution < -0.4 is 16.2 Å². The third-order valence-electron chi connectivity index (χ3n) is 4.44. The van der Waals surface area contributed by atoms with Gasteiger partial charge < -0.3 is 15.2 Å². The monoisotopic (exact) mass is 339 g/mol. The highest BCUT2D eigenvalue weighted by molar-refractivity contribution is 5.99. The zero-order chi connectivity index (χ0) is 18.0. The zero-order valence-electron chi connectivity index (χ0n) is 14.3. The Balaban J connectivity index is 1.97. The van der Waals surface area contributed by atoms with Gasteiger partial charge in [0.25, 0.3) is 17.4 Å². The molecule has 0 spiro atoms. The number of carbonyl (C=O) groups is 2. The van der Waals surface area contributed by atoms with Crippen LogP contribution >= 0.6 is 0 Å². The van der Waals surface area contributed by atoms with Gasteiger partial charge in [-0.1, -0.05) is 37.3 Å². The van der Waals surface area contributed by atoms with Crippen LogP contribution in [0, 0.1) is 5.92 Å². The van der Waals surface area contributed by atoms with E-state index >= 15 is 0 Å². The minimum Gasteiger partial charge on any atom is -0.355 e. The minimum absolute atomic E-state index is 0.0325. The van der Waals surface area contributed by atoms with Crippen molar-refractivity contribution >= 4 is 11.8 Å². The summed E-state index contributed by atoms with van der Waals surface area (Å²) in [5.74, 6) is -0.292. The van der Waals surface area contributed by atoms with Crippen LogP contribution in [0.15, 0.2) is 47.4 Å². The van der Waals surface area contributed by atoms with Gasteiger partial charge in [0.1, 0.15) is 5.56 Å². The lowest BCUT2D eigenvalue weighted by molar-refractivity contribution is 0.0948. The highest BCUT2D eigenvalue weighted by Gasteiger charge is 2.34. The molecule has 0 bridgehead atoms. The molecule has 25 heavy (non-hydrogen) atoms. The first-order valence-corrected chi connectivity index (χ1v) is 8.31. The smallest absolute Gasteiger partial charge is 0.263 e. The molecule has 1 fully saturated rings. The predicted octanol–water partition coefficient (Wildman–Crippen LogP) is 1.39. The summed E-state index contributed by atoms with van der Waals surface area (Å²) in [6.07, 6.45) is 2.47. The van der Waals surface area contributed by atoms with Gasteiger partial charge in [-0.05, 0) is 24.0 Å². The summed E-state index contributed by atoms with van der Waals surface area (Å²) in [7, 11) is 1.46. The molecule has 2 N–H and O–H groups in total. The van der Waals surface area contributed by atoms with Crippen molar-refractivity contribution in [3.05, 3.63) is 69.6 Å². The number of rotatable bonds is 5. The topological polar surface area (TPSA) is 80.2 Å². The number of nitrogens with one attached hydrogen (secondary N) is 2. The second-order valence-corrected chi connectivity index (χ2v) is 6.43. The van der Waals surface area contributed by atoms with Gasteiger partial charge in [0.2, 0.25) is 0 Å². The maximum atomic E-state index is 12.6. The standard InChI is InChI=1S/C19H21N3O3/c1-12-8-16(12)21-17(23)14-9-15(18(24)20-2)19(25)22(11-14)10-13-6-4-3-5-7-13/h3-7,9,11-12,16H,8,10H2,1-2H3,(H,20,24)(H,21,23)/t12-,16-/m1/s1. The van der Waals surface area contributed by atoms with Gasteiger partial charge in [-0.25, -0.2) is 0 Å². The molecule has 0 saturated heterocycles. The summed E-state index contributed by atoms with van der Waals surface area (Å²) in [6, 6.07) is 11.0. The van der Waals surface area contributed by atoms with Crippen LogP contribution in [-0.2, 0) is 6.54 Å². The molecule has 1 heterocycles. The van der Waals surface area contributed by atoms with Crippen molar-refractivity contribution in [3.8, 4) is 0 Å². The fourth-order valence-electron chi connectivity index (χ4n) is 2.73. The molecule has 0 unspecified atom stereocenters. The third kappa shape index (κ3) is 3.79. The molecule has 6 heteroatoms. The lowest BCUT2D eigenvalue weighted by Crippen LogP contribution is -2.34. The Bertz CT molecular complexity index is 858. The largest absolute Gasteiger partial charge is 0.355 e. The van der Waals surface area contributed by atoms with E-state index in [2.05, 4.69) is 17.6 Å². The van der Waals surface area contributed by atoms with E-state index in [1.165, 1.54) is 23.9 Å². The Morgan fingerprint density at radius 2 is 1.88 bits per heavy atom. The molecule has 1 aromatic heterocycles. The van der Waals surface area contributed by atoms with Gasteiger partial charge in [-0.2, -0.15) is 0 Å². The number of carbonyl (C=O) groups excluding carboxylic acids is 2. The molecule has 1 aromatic carbocycles. The first kappa shape index (κ1) is 17.0. The van der Waals surface area contributed by atoms with Gasteiger partial charge in [0.15, 0.2) is 0 Å². The Morgan fingerprint density at radius 3 is 2.48 bits per heavy atom. The molecule has 1 aliphatic carbocycles. The van der Waals surface area contributed by atoms with Crippen LogP contribution in [0.25, 0.3) is 0 Å². The quantitative estimate of drug-likeness (QED) is 0.864. The number of hydrogen-bond donors (Lipinski definition) is 2. The lowest BCUT2D eigenvalue weighted by atomic mass is 10.1. The molecule has 1 saturated carbocycles. The first-order valence-electron chi connectivity index (χ1n) is 8.31. The van der Waals surface area contributed by atoms with Gasteiger partial charge in [-0.3, -0.25) is 14.4 Å². The maximum absolute atomic E-state index is 12.6. The molecule has 2 atom stereocenters. The molecule has 130 valence electrons. The van der Waals surface area contributed by atoms with E-state index in [0.717, 1.165) is 12.0 Å². The Hall–Kier alpha value is -2.89. The van der Waals surface area contributed by atoms with Crippen LogP contribution in [0.3, 0.4) is 0 Å². The van der Waals surface area contributed by atoms with Crippen molar-refractivity contribution in [2.75, 3.05) is 7.05 Å². The van der Waals surface area contributed by atoms with Crippen molar-refractivity contribution in [2.24, 2.45) is 5.92 Å². The molecule has 2 aromatic rings. The van der Waals surface area contributed by atoms with Crippen molar-refractivity contribution in [1.29, 1.82) is 0 Å². The number of nitrogens with zero attached hydrogens (tertiary/aromatic N) is 1. The third-order valence-corrected chi connectivity index (χ3v) is 4.44. The number of amides is 2. The fourth-order valence-corrected chi connectivity index (χ4v) is 2.73. The van der Waals surface area contributed by atoms with Crippen molar-refractivity contribution < 1.29 is 9.59 Å². The summed E-state index contributed by atoms with van der Waals surface area (Å²) >= 11 is 0. The molecule has 0 aliphatic heterocycles. The maximum Gasteiger partial charge on any atom is 0.263 e. The minimum atomic E-state index is -0.499. The fraction of sp³-hybridized carbons (Fsp3) is 0.316. The van der Waals surface area contributed by atoms with E-state index < -0.39 is 11.5 Å². The average Bonchev–Trinajstić information content (AvgIpc) is 3.31. The van der Waals surface area contributed by atoms with E-state index in [9.17, 15) is 14.4 Å². The van der Waals surface area contributed by atoms with Crippen LogP contribution in [-0.4, -0.2) is 29.5 Å². The van der Waals surface area contributed by atoms with Crippen LogP contribution in [0.1, 0.15) is 39.6 Å². The highest BCUT2D eigenvalue weighted by Crippen LogP contribution is 2.29. The Morgan fingerprint density at radius 1 is 1.20 bits per heavy atom. The van der Waals surface area contributed by atoms with Crippen LogP contribution in [0.5, 0.6) is 0 Å². The number of benzene rings is 1. The van der Waals surface area contributed by atoms with Crippen molar-refractivity contribution in [2.45, 2.75) is 25.9 Å². The molecule has 0 radical (unpaired) electrons. The van der Waals surface area contributed by atoms with Crippen molar-refractivity contribution in [1.82, 2.24) is 15.2 Å². The SMILES string of the molecule is CNC(=O)c1cc(C(=O)N[C@@H]2C[C@H]2C)cn(Cc2ccccc2)c1=O. The number of pyridine rings is 1. The summed E-state index contributed by atoms with van der Waals surface area (Å²) in [5.41, 5.74) is 0.781. The van der Waals surface area contributed by atoms with Crippen LogP contribution in [0.2, 0.25) is 0 Å². The molecular formula is C19H21N3O3. The second kappa shape index (κ2) is 6.93. The normalized spacial score (nSPS) is 18.5. The number of aromatic nitrogens is 1. The summed E-state index contributed by atoms with van der Waals surface area (Å²) in [4.78, 5) is 37.1. The zero-order valence-corrected chi connectivity index (χ0v) is 14.3. The van der Waals surface area contributed by atoms with E-state index in [4.69, 9.17) is 0 Å². The predicted molar refractivity (Wildman–Crippen MR) is 94.7 cm³/mol. The molecule has 2 amide bonds. The summed E-state index contributed by atoms with van der Waals surface area (Å²) in [6.45, 7) is 2.36. The molecule has 6 nitrogen and oxygen atoms in total. The molecular weight excluding hydrogens is 318 g/mol. The summed E-state index contributed by atoms with van der Waals surface area (Å²) < 4.78 is 1.41. The number of hydrogen-bond acceptors (Lipinski definition) is 3. The Labute approximate surface area is 145 Å². The molecule has 3 rings (SSSR count). The van der Waals surface area contributed by atoms with Gasteiger partial charge in [0, 0.05) is 19.3 Å². The molecule has 1 aliphatic rings. The summed E-state index contributed by atoms with van der Waals surface area (Å²) in [5, 5.41) is 5.38. The van der Waals surface area contributed by atoms with Gasteiger partial charge in [-0.15, -0.1) is 0 Å². The van der Waals surface area contributed by atoms with E-state index in [1.54, 1.807) is 0 Å². The highest BCUT2D eigenvalue weighted by atomic mass is 16.2.